The third-order valence-electron chi connectivity index (χ3n) is 3.48. The molecule has 0 aromatic heterocycles. The maximum absolute atomic E-state index is 12.3. The molecule has 23 heavy (non-hydrogen) atoms. The number of ether oxygens (including phenoxy) is 2. The van der Waals surface area contributed by atoms with E-state index in [-0.39, 0.29) is 13.2 Å². The number of nitrogens with zero attached hydrogens (tertiary/aromatic N) is 1. The van der Waals surface area contributed by atoms with Gasteiger partial charge in [-0.25, -0.2) is 0 Å². The number of nitro groups is 1. The van der Waals surface area contributed by atoms with E-state index in [1.807, 2.05) is 0 Å². The Hall–Kier alpha value is -2.44. The van der Waals surface area contributed by atoms with Gasteiger partial charge in [-0.15, -0.1) is 0 Å². The fraction of sp³-hybridized carbons (Fsp3) is 0.500. The third kappa shape index (κ3) is 4.77. The average Bonchev–Trinajstić information content (AvgIpc) is 2.52. The maximum atomic E-state index is 12.3. The molecule has 0 radical (unpaired) electrons. The fourth-order valence-electron chi connectivity index (χ4n) is 2.41. The Morgan fingerprint density at radius 1 is 1.09 bits per heavy atom. The van der Waals surface area contributed by atoms with E-state index in [9.17, 15) is 19.7 Å². The summed E-state index contributed by atoms with van der Waals surface area (Å²) in [4.78, 5) is 35.3. The molecule has 0 N–H and O–H groups in total. The van der Waals surface area contributed by atoms with Crippen LogP contribution in [0.3, 0.4) is 0 Å². The minimum Gasteiger partial charge on any atom is -0.465 e. The molecule has 0 aliphatic heterocycles. The molecule has 126 valence electrons. The summed E-state index contributed by atoms with van der Waals surface area (Å²) >= 11 is 0. The van der Waals surface area contributed by atoms with Crippen LogP contribution in [0.25, 0.3) is 0 Å². The van der Waals surface area contributed by atoms with Gasteiger partial charge in [-0.3, -0.25) is 19.7 Å². The Morgan fingerprint density at radius 3 is 1.96 bits per heavy atom. The summed E-state index contributed by atoms with van der Waals surface area (Å²) in [5.41, 5.74) is 0.516. The van der Waals surface area contributed by atoms with E-state index in [4.69, 9.17) is 9.47 Å². The highest BCUT2D eigenvalue weighted by Gasteiger charge is 2.45. The molecule has 0 amide bonds. The molecule has 0 aliphatic carbocycles. The Labute approximate surface area is 134 Å². The van der Waals surface area contributed by atoms with Gasteiger partial charge in [0.1, 0.15) is 0 Å². The molecule has 0 bridgehead atoms. The van der Waals surface area contributed by atoms with Crippen LogP contribution in [0, 0.1) is 16.0 Å². The highest BCUT2D eigenvalue weighted by atomic mass is 16.6. The molecule has 1 unspecified atom stereocenters. The molecule has 7 heteroatoms. The zero-order valence-electron chi connectivity index (χ0n) is 13.4. The number of hydrogen-bond donors (Lipinski definition) is 0. The van der Waals surface area contributed by atoms with Crippen LogP contribution in [0.2, 0.25) is 0 Å². The van der Waals surface area contributed by atoms with Crippen LogP contribution in [0.1, 0.15) is 32.3 Å². The van der Waals surface area contributed by atoms with Gasteiger partial charge in [0.05, 0.1) is 19.1 Å². The predicted molar refractivity (Wildman–Crippen MR) is 82.4 cm³/mol. The fourth-order valence-corrected chi connectivity index (χ4v) is 2.41. The molecule has 1 aromatic rings. The summed E-state index contributed by atoms with van der Waals surface area (Å²) in [6.45, 7) is 4.72. The molecule has 1 rings (SSSR count). The highest BCUT2D eigenvalue weighted by Crippen LogP contribution is 2.32. The van der Waals surface area contributed by atoms with E-state index < -0.39 is 34.7 Å². The van der Waals surface area contributed by atoms with E-state index in [1.165, 1.54) is 6.92 Å². The van der Waals surface area contributed by atoms with Gasteiger partial charge in [0.2, 0.25) is 6.04 Å². The molecule has 0 saturated heterocycles. The average molecular weight is 323 g/mol. The minimum absolute atomic E-state index is 0.0725. The topological polar surface area (TPSA) is 95.7 Å². The van der Waals surface area contributed by atoms with Gasteiger partial charge in [0, 0.05) is 11.8 Å². The zero-order valence-corrected chi connectivity index (χ0v) is 13.4. The molecule has 0 heterocycles. The van der Waals surface area contributed by atoms with Crippen LogP contribution in [-0.2, 0) is 19.1 Å². The minimum atomic E-state index is -1.38. The van der Waals surface area contributed by atoms with E-state index in [0.29, 0.717) is 5.56 Å². The third-order valence-corrected chi connectivity index (χ3v) is 3.48. The molecule has 1 aromatic carbocycles. The number of rotatable bonds is 8. The number of carbonyl (C=O) groups is 2. The summed E-state index contributed by atoms with van der Waals surface area (Å²) < 4.78 is 9.88. The number of benzene rings is 1. The van der Waals surface area contributed by atoms with Crippen LogP contribution in [0.5, 0.6) is 0 Å². The van der Waals surface area contributed by atoms with E-state index >= 15 is 0 Å². The molecule has 0 fully saturated rings. The molecule has 0 aliphatic rings. The number of carbonyl (C=O) groups excluding carboxylic acids is 2. The summed E-state index contributed by atoms with van der Waals surface area (Å²) in [6.07, 6.45) is 0. The Bertz CT molecular complexity index is 527. The molecule has 0 saturated carbocycles. The molecular weight excluding hydrogens is 302 g/mol. The van der Waals surface area contributed by atoms with Gasteiger partial charge in [0.25, 0.3) is 0 Å². The first kappa shape index (κ1) is 18.6. The van der Waals surface area contributed by atoms with Crippen molar-refractivity contribution < 1.29 is 24.0 Å². The lowest BCUT2D eigenvalue weighted by Crippen LogP contribution is -2.40. The van der Waals surface area contributed by atoms with Gasteiger partial charge in [0.15, 0.2) is 5.92 Å². The van der Waals surface area contributed by atoms with Crippen molar-refractivity contribution in [1.82, 2.24) is 0 Å². The second kappa shape index (κ2) is 8.87. The van der Waals surface area contributed by atoms with Crippen LogP contribution in [0.4, 0.5) is 0 Å². The molecular formula is C16H21NO6. The van der Waals surface area contributed by atoms with Gasteiger partial charge in [-0.1, -0.05) is 30.3 Å². The second-order valence-electron chi connectivity index (χ2n) is 4.94. The molecule has 7 nitrogen and oxygen atoms in total. The summed E-state index contributed by atoms with van der Waals surface area (Å²) in [7, 11) is 0. The summed E-state index contributed by atoms with van der Waals surface area (Å²) in [5.74, 6) is -3.97. The Morgan fingerprint density at radius 2 is 1.57 bits per heavy atom. The highest BCUT2D eigenvalue weighted by molar-refractivity contribution is 5.96. The second-order valence-corrected chi connectivity index (χ2v) is 4.94. The van der Waals surface area contributed by atoms with Crippen molar-refractivity contribution in [3.05, 3.63) is 46.0 Å². The first-order valence-corrected chi connectivity index (χ1v) is 7.45. The Balaban J connectivity index is 3.33. The van der Waals surface area contributed by atoms with Crippen LogP contribution in [0.15, 0.2) is 30.3 Å². The van der Waals surface area contributed by atoms with Crippen molar-refractivity contribution in [2.75, 3.05) is 13.2 Å². The van der Waals surface area contributed by atoms with Crippen molar-refractivity contribution >= 4 is 11.9 Å². The molecule has 0 spiro atoms. The van der Waals surface area contributed by atoms with Crippen LogP contribution < -0.4 is 0 Å². The van der Waals surface area contributed by atoms with Crippen LogP contribution in [-0.4, -0.2) is 36.1 Å². The van der Waals surface area contributed by atoms with Crippen molar-refractivity contribution in [1.29, 1.82) is 0 Å². The van der Waals surface area contributed by atoms with Gasteiger partial charge < -0.3 is 9.47 Å². The normalized spacial score (nSPS) is 13.2. The van der Waals surface area contributed by atoms with Crippen molar-refractivity contribution in [2.24, 2.45) is 5.92 Å². The van der Waals surface area contributed by atoms with Gasteiger partial charge >= 0.3 is 11.9 Å². The summed E-state index contributed by atoms with van der Waals surface area (Å²) in [5, 5.41) is 11.3. The van der Waals surface area contributed by atoms with E-state index in [2.05, 4.69) is 0 Å². The smallest absolute Gasteiger partial charge is 0.321 e. The van der Waals surface area contributed by atoms with Gasteiger partial charge in [-0.05, 0) is 19.4 Å². The van der Waals surface area contributed by atoms with Crippen molar-refractivity contribution in [3.63, 3.8) is 0 Å². The largest absolute Gasteiger partial charge is 0.465 e. The van der Waals surface area contributed by atoms with E-state index in [0.717, 1.165) is 0 Å². The number of esters is 2. The lowest BCUT2D eigenvalue weighted by atomic mass is 9.81. The SMILES string of the molecule is CCOC(=O)C(C(=O)OCC)[C@H](c1ccccc1)C(C)[N+](=O)[O-]. The predicted octanol–water partition coefficient (Wildman–Crippen LogP) is 2.18. The van der Waals surface area contributed by atoms with Crippen LogP contribution >= 0.6 is 0 Å². The lowest BCUT2D eigenvalue weighted by Gasteiger charge is -2.25. The zero-order chi connectivity index (χ0) is 17.4. The first-order chi connectivity index (χ1) is 10.9. The first-order valence-electron chi connectivity index (χ1n) is 7.45. The van der Waals surface area contributed by atoms with Gasteiger partial charge in [-0.2, -0.15) is 0 Å². The quantitative estimate of drug-likeness (QED) is 0.315. The van der Waals surface area contributed by atoms with Crippen molar-refractivity contribution in [3.8, 4) is 0 Å². The Kier molecular flexibility index (Phi) is 7.18. The summed E-state index contributed by atoms with van der Waals surface area (Å²) in [6, 6.07) is 7.29. The van der Waals surface area contributed by atoms with Crippen molar-refractivity contribution in [2.45, 2.75) is 32.7 Å². The lowest BCUT2D eigenvalue weighted by molar-refractivity contribution is -0.523. The van der Waals surface area contributed by atoms with E-state index in [1.54, 1.807) is 44.2 Å². The maximum Gasteiger partial charge on any atom is 0.321 e. The number of hydrogen-bond acceptors (Lipinski definition) is 6. The standard InChI is InChI=1S/C16H21NO6/c1-4-22-15(18)14(16(19)23-5-2)13(11(3)17(20)21)12-9-7-6-8-10-12/h6-11,13-14H,4-5H2,1-3H3/t11?,13-/m0/s1. The monoisotopic (exact) mass is 323 g/mol. The molecule has 2 atom stereocenters.